The number of nitrogens with zero attached hydrogens (tertiary/aromatic N) is 3. The number of nitrogens with two attached hydrogens (primary N) is 1. The molecule has 84 valence electrons. The van der Waals surface area contributed by atoms with Crippen LogP contribution in [-0.2, 0) is 13.1 Å². The van der Waals surface area contributed by atoms with Gasteiger partial charge in [-0.3, -0.25) is 0 Å². The highest BCUT2D eigenvalue weighted by atomic mass is 79.9. The van der Waals surface area contributed by atoms with Gasteiger partial charge in [-0.15, -0.1) is 0 Å². The molecule has 0 fully saturated rings. The average Bonchev–Trinajstić information content (AvgIpc) is 2.63. The van der Waals surface area contributed by atoms with E-state index in [9.17, 15) is 4.39 Å². The van der Waals surface area contributed by atoms with Crippen molar-refractivity contribution < 1.29 is 4.39 Å². The molecule has 0 aliphatic heterocycles. The smallest absolute Gasteiger partial charge is 0.140 e. The Hall–Kier alpha value is -1.27. The van der Waals surface area contributed by atoms with Crippen LogP contribution < -0.4 is 5.73 Å². The van der Waals surface area contributed by atoms with E-state index in [0.717, 1.165) is 5.56 Å². The zero-order valence-electron chi connectivity index (χ0n) is 8.40. The fraction of sp³-hybridized carbons (Fsp3) is 0.200. The van der Waals surface area contributed by atoms with Gasteiger partial charge in [0.25, 0.3) is 0 Å². The molecule has 2 N–H and O–H groups in total. The van der Waals surface area contributed by atoms with Gasteiger partial charge in [0.15, 0.2) is 0 Å². The number of rotatable bonds is 3. The quantitative estimate of drug-likeness (QED) is 0.933. The van der Waals surface area contributed by atoms with Gasteiger partial charge in [0.2, 0.25) is 0 Å². The third kappa shape index (κ3) is 2.45. The van der Waals surface area contributed by atoms with Gasteiger partial charge in [-0.1, -0.05) is 15.9 Å². The van der Waals surface area contributed by atoms with E-state index in [0.29, 0.717) is 23.4 Å². The van der Waals surface area contributed by atoms with Crippen LogP contribution in [0, 0.1) is 5.82 Å². The number of halogens is 2. The summed E-state index contributed by atoms with van der Waals surface area (Å²) >= 11 is 3.24. The van der Waals surface area contributed by atoms with Crippen LogP contribution in [0.3, 0.4) is 0 Å². The summed E-state index contributed by atoms with van der Waals surface area (Å²) < 4.78 is 15.5. The van der Waals surface area contributed by atoms with Gasteiger partial charge < -0.3 is 5.73 Å². The minimum Gasteiger partial charge on any atom is -0.324 e. The van der Waals surface area contributed by atoms with Crippen molar-refractivity contribution in [2.45, 2.75) is 13.1 Å². The lowest BCUT2D eigenvalue weighted by atomic mass is 10.2. The van der Waals surface area contributed by atoms with Crippen LogP contribution in [-0.4, -0.2) is 14.8 Å². The lowest BCUT2D eigenvalue weighted by Crippen LogP contribution is -2.10. The molecule has 0 saturated heterocycles. The summed E-state index contributed by atoms with van der Waals surface area (Å²) in [6.07, 6.45) is 1.44. The molecule has 4 nitrogen and oxygen atoms in total. The molecule has 0 spiro atoms. The average molecular weight is 285 g/mol. The summed E-state index contributed by atoms with van der Waals surface area (Å²) in [4.78, 5) is 4.00. The molecule has 1 aromatic heterocycles. The molecule has 0 amide bonds. The Morgan fingerprint density at radius 2 is 2.19 bits per heavy atom. The number of benzene rings is 1. The van der Waals surface area contributed by atoms with Crippen molar-refractivity contribution in [2.75, 3.05) is 0 Å². The van der Waals surface area contributed by atoms with Crippen molar-refractivity contribution in [1.82, 2.24) is 14.8 Å². The normalized spacial score (nSPS) is 10.7. The monoisotopic (exact) mass is 284 g/mol. The molecule has 0 atom stereocenters. The molecular weight excluding hydrogens is 275 g/mol. The Labute approximate surface area is 100 Å². The Balaban J connectivity index is 2.26. The number of hydrogen-bond donors (Lipinski definition) is 1. The van der Waals surface area contributed by atoms with Crippen LogP contribution >= 0.6 is 15.9 Å². The Bertz CT molecular complexity index is 477. The fourth-order valence-corrected chi connectivity index (χ4v) is 1.97. The van der Waals surface area contributed by atoms with Crippen LogP contribution in [0.5, 0.6) is 0 Å². The first-order valence-corrected chi connectivity index (χ1v) is 5.50. The van der Waals surface area contributed by atoms with Gasteiger partial charge in [-0.05, 0) is 23.8 Å². The summed E-state index contributed by atoms with van der Waals surface area (Å²) in [6, 6.07) is 4.71. The van der Waals surface area contributed by atoms with Gasteiger partial charge in [0.05, 0.1) is 13.1 Å². The molecule has 2 rings (SSSR count). The summed E-state index contributed by atoms with van der Waals surface area (Å²) in [6.45, 7) is 0.777. The summed E-state index contributed by atoms with van der Waals surface area (Å²) in [7, 11) is 0. The molecule has 0 saturated carbocycles. The Morgan fingerprint density at radius 1 is 1.38 bits per heavy atom. The molecule has 0 aliphatic rings. The molecule has 2 aromatic rings. The highest BCUT2D eigenvalue weighted by molar-refractivity contribution is 9.10. The van der Waals surface area contributed by atoms with Crippen molar-refractivity contribution in [1.29, 1.82) is 0 Å². The molecule has 0 unspecified atom stereocenters. The lowest BCUT2D eigenvalue weighted by molar-refractivity contribution is 0.610. The first-order valence-electron chi connectivity index (χ1n) is 4.71. The van der Waals surface area contributed by atoms with E-state index >= 15 is 0 Å². The standard InChI is InChI=1S/C10H10BrFN4/c11-8-1-7(2-9(12)3-8)5-16-10(4-13)14-6-15-16/h1-3,6H,4-5,13H2. The minimum atomic E-state index is -0.279. The van der Waals surface area contributed by atoms with Gasteiger partial charge in [-0.25, -0.2) is 14.1 Å². The predicted octanol–water partition coefficient (Wildman–Crippen LogP) is 1.69. The SMILES string of the molecule is NCc1ncnn1Cc1cc(F)cc(Br)c1. The highest BCUT2D eigenvalue weighted by Crippen LogP contribution is 2.15. The first-order chi connectivity index (χ1) is 7.69. The van der Waals surface area contributed by atoms with Crippen LogP contribution in [0.2, 0.25) is 0 Å². The lowest BCUT2D eigenvalue weighted by Gasteiger charge is -2.05. The van der Waals surface area contributed by atoms with E-state index in [4.69, 9.17) is 5.73 Å². The molecule has 6 heteroatoms. The highest BCUT2D eigenvalue weighted by Gasteiger charge is 2.04. The molecule has 1 heterocycles. The predicted molar refractivity (Wildman–Crippen MR) is 61.1 cm³/mol. The third-order valence-corrected chi connectivity index (χ3v) is 2.59. The van der Waals surface area contributed by atoms with Crippen molar-refractivity contribution >= 4 is 15.9 Å². The Kier molecular flexibility index (Phi) is 3.31. The summed E-state index contributed by atoms with van der Waals surface area (Å²) in [5, 5.41) is 4.03. The van der Waals surface area contributed by atoms with E-state index in [-0.39, 0.29) is 5.82 Å². The van der Waals surface area contributed by atoms with E-state index in [1.807, 2.05) is 6.07 Å². The van der Waals surface area contributed by atoms with E-state index in [2.05, 4.69) is 26.0 Å². The van der Waals surface area contributed by atoms with Crippen molar-refractivity contribution in [3.8, 4) is 0 Å². The van der Waals surface area contributed by atoms with Crippen molar-refractivity contribution in [3.63, 3.8) is 0 Å². The summed E-state index contributed by atoms with van der Waals surface area (Å²) in [5.74, 6) is 0.402. The second-order valence-electron chi connectivity index (χ2n) is 3.32. The maximum Gasteiger partial charge on any atom is 0.140 e. The minimum absolute atomic E-state index is 0.279. The van der Waals surface area contributed by atoms with Crippen LogP contribution in [0.25, 0.3) is 0 Å². The summed E-state index contributed by atoms with van der Waals surface area (Å²) in [5.41, 5.74) is 6.31. The van der Waals surface area contributed by atoms with E-state index in [1.165, 1.54) is 18.5 Å². The maximum atomic E-state index is 13.1. The molecule has 0 bridgehead atoms. The van der Waals surface area contributed by atoms with E-state index in [1.54, 1.807) is 4.68 Å². The fourth-order valence-electron chi connectivity index (χ4n) is 1.45. The van der Waals surface area contributed by atoms with Crippen molar-refractivity contribution in [2.24, 2.45) is 5.73 Å². The molecule has 1 aromatic carbocycles. The zero-order chi connectivity index (χ0) is 11.5. The third-order valence-electron chi connectivity index (χ3n) is 2.13. The van der Waals surface area contributed by atoms with Gasteiger partial charge >= 0.3 is 0 Å². The molecule has 16 heavy (non-hydrogen) atoms. The second-order valence-corrected chi connectivity index (χ2v) is 4.23. The van der Waals surface area contributed by atoms with Crippen LogP contribution in [0.15, 0.2) is 29.0 Å². The zero-order valence-corrected chi connectivity index (χ0v) is 9.98. The molecular formula is C10H10BrFN4. The molecule has 0 aliphatic carbocycles. The number of aromatic nitrogens is 3. The van der Waals surface area contributed by atoms with Crippen LogP contribution in [0.4, 0.5) is 4.39 Å². The Morgan fingerprint density at radius 3 is 2.88 bits per heavy atom. The van der Waals surface area contributed by atoms with Gasteiger partial charge in [0, 0.05) is 4.47 Å². The second kappa shape index (κ2) is 4.71. The van der Waals surface area contributed by atoms with Crippen LogP contribution in [0.1, 0.15) is 11.4 Å². The van der Waals surface area contributed by atoms with Crippen molar-refractivity contribution in [3.05, 3.63) is 46.2 Å². The topological polar surface area (TPSA) is 56.7 Å². The number of hydrogen-bond acceptors (Lipinski definition) is 3. The largest absolute Gasteiger partial charge is 0.324 e. The van der Waals surface area contributed by atoms with Gasteiger partial charge in [0.1, 0.15) is 18.0 Å². The maximum absolute atomic E-state index is 13.1. The molecule has 0 radical (unpaired) electrons. The van der Waals surface area contributed by atoms with Gasteiger partial charge in [-0.2, -0.15) is 5.10 Å². The first kappa shape index (κ1) is 11.2. The van der Waals surface area contributed by atoms with E-state index < -0.39 is 0 Å².